The predicted octanol–water partition coefficient (Wildman–Crippen LogP) is 4.75. The molecule has 0 heterocycles. The van der Waals surface area contributed by atoms with E-state index in [0.29, 0.717) is 17.3 Å². The minimum Gasteiger partial charge on any atom is -0.313 e. The molecule has 1 aromatic rings. The highest BCUT2D eigenvalue weighted by Gasteiger charge is 2.28. The number of hydrogen-bond donors (Lipinski definition) is 1. The molecule has 1 unspecified atom stereocenters. The summed E-state index contributed by atoms with van der Waals surface area (Å²) >= 11 is 7.50. The maximum Gasteiger partial charge on any atom is 0.389 e. The second kappa shape index (κ2) is 8.02. The topological polar surface area (TPSA) is 12.0 Å². The van der Waals surface area contributed by atoms with E-state index in [1.54, 1.807) is 6.07 Å². The van der Waals surface area contributed by atoms with Crippen LogP contribution in [-0.2, 0) is 0 Å². The van der Waals surface area contributed by atoms with Gasteiger partial charge in [0.05, 0.1) is 5.02 Å². The van der Waals surface area contributed by atoms with Crippen LogP contribution in [0.15, 0.2) is 29.2 Å². The summed E-state index contributed by atoms with van der Waals surface area (Å²) in [6.07, 6.45) is -4.76. The lowest BCUT2D eigenvalue weighted by molar-refractivity contribution is -0.136. The number of nitrogens with one attached hydrogen (secondary N) is 1. The Kier molecular flexibility index (Phi) is 7.04. The zero-order chi connectivity index (χ0) is 14.3. The van der Waals surface area contributed by atoms with Crippen molar-refractivity contribution in [1.29, 1.82) is 0 Å². The zero-order valence-corrected chi connectivity index (χ0v) is 12.2. The maximum atomic E-state index is 12.2. The maximum absolute atomic E-state index is 12.2. The largest absolute Gasteiger partial charge is 0.389 e. The van der Waals surface area contributed by atoms with Gasteiger partial charge in [0.1, 0.15) is 0 Å². The van der Waals surface area contributed by atoms with E-state index in [1.807, 2.05) is 25.1 Å². The van der Waals surface area contributed by atoms with Gasteiger partial charge in [0.15, 0.2) is 0 Å². The molecular formula is C13H17ClF3NS. The Labute approximate surface area is 120 Å². The SMILES string of the molecule is CCNC(CCC(F)(F)F)CSc1ccccc1Cl. The molecule has 1 aromatic carbocycles. The molecule has 0 radical (unpaired) electrons. The Morgan fingerprint density at radius 2 is 2.00 bits per heavy atom. The summed E-state index contributed by atoms with van der Waals surface area (Å²) in [5, 5.41) is 3.72. The lowest BCUT2D eigenvalue weighted by atomic mass is 10.2. The summed E-state index contributed by atoms with van der Waals surface area (Å²) in [5.41, 5.74) is 0. The first kappa shape index (κ1) is 16.7. The van der Waals surface area contributed by atoms with Crippen LogP contribution in [0.5, 0.6) is 0 Å². The van der Waals surface area contributed by atoms with Crippen LogP contribution in [0.4, 0.5) is 13.2 Å². The van der Waals surface area contributed by atoms with Crippen LogP contribution in [0.3, 0.4) is 0 Å². The molecule has 0 aliphatic carbocycles. The van der Waals surface area contributed by atoms with Crippen LogP contribution in [-0.4, -0.2) is 24.5 Å². The minimum absolute atomic E-state index is 0.0921. The van der Waals surface area contributed by atoms with Crippen molar-refractivity contribution in [2.24, 2.45) is 0 Å². The summed E-state index contributed by atoms with van der Waals surface area (Å²) in [5.74, 6) is 0.577. The van der Waals surface area contributed by atoms with Crippen molar-refractivity contribution in [1.82, 2.24) is 5.32 Å². The number of benzene rings is 1. The number of rotatable bonds is 7. The van der Waals surface area contributed by atoms with Gasteiger partial charge in [-0.25, -0.2) is 0 Å². The average molecular weight is 312 g/mol. The molecule has 6 heteroatoms. The Balaban J connectivity index is 2.47. The highest BCUT2D eigenvalue weighted by Crippen LogP contribution is 2.29. The van der Waals surface area contributed by atoms with Crippen molar-refractivity contribution in [2.45, 2.75) is 36.9 Å². The quantitative estimate of drug-likeness (QED) is 0.729. The van der Waals surface area contributed by atoms with E-state index in [4.69, 9.17) is 11.6 Å². The third kappa shape index (κ3) is 7.09. The second-order valence-corrected chi connectivity index (χ2v) is 5.62. The fourth-order valence-corrected chi connectivity index (χ4v) is 2.97. The van der Waals surface area contributed by atoms with Gasteiger partial charge in [-0.1, -0.05) is 30.7 Å². The van der Waals surface area contributed by atoms with Gasteiger partial charge in [-0.05, 0) is 25.1 Å². The highest BCUT2D eigenvalue weighted by molar-refractivity contribution is 7.99. The van der Waals surface area contributed by atoms with E-state index in [2.05, 4.69) is 5.32 Å². The number of alkyl halides is 3. The average Bonchev–Trinajstić information content (AvgIpc) is 2.33. The highest BCUT2D eigenvalue weighted by atomic mass is 35.5. The number of hydrogen-bond acceptors (Lipinski definition) is 2. The van der Waals surface area contributed by atoms with E-state index in [-0.39, 0.29) is 12.5 Å². The summed E-state index contributed by atoms with van der Waals surface area (Å²) in [7, 11) is 0. The van der Waals surface area contributed by atoms with E-state index in [1.165, 1.54) is 11.8 Å². The standard InChI is InChI=1S/C13H17ClF3NS/c1-2-18-10(7-8-13(15,16)17)9-19-12-6-4-3-5-11(12)14/h3-6,10,18H,2,7-9H2,1H3. The van der Waals surface area contributed by atoms with Crippen molar-refractivity contribution in [3.05, 3.63) is 29.3 Å². The monoisotopic (exact) mass is 311 g/mol. The fraction of sp³-hybridized carbons (Fsp3) is 0.538. The molecule has 0 saturated heterocycles. The Hall–Kier alpha value is -0.390. The lowest BCUT2D eigenvalue weighted by Crippen LogP contribution is -2.32. The Bertz CT molecular complexity index is 384. The zero-order valence-electron chi connectivity index (χ0n) is 10.6. The normalized spacial score (nSPS) is 13.5. The molecule has 1 atom stereocenters. The Morgan fingerprint density at radius 1 is 1.32 bits per heavy atom. The number of thioether (sulfide) groups is 1. The molecule has 0 spiro atoms. The molecule has 1 nitrogen and oxygen atoms in total. The summed E-state index contributed by atoms with van der Waals surface area (Å²) in [6.45, 7) is 2.55. The summed E-state index contributed by atoms with van der Waals surface area (Å²) < 4.78 is 36.7. The van der Waals surface area contributed by atoms with Crippen molar-refractivity contribution >= 4 is 23.4 Å². The third-order valence-electron chi connectivity index (χ3n) is 2.55. The molecule has 108 valence electrons. The smallest absolute Gasteiger partial charge is 0.313 e. The van der Waals surface area contributed by atoms with Crippen LogP contribution < -0.4 is 5.32 Å². The molecule has 19 heavy (non-hydrogen) atoms. The predicted molar refractivity (Wildman–Crippen MR) is 74.9 cm³/mol. The first-order valence-electron chi connectivity index (χ1n) is 6.10. The van der Waals surface area contributed by atoms with E-state index in [0.717, 1.165) is 4.90 Å². The van der Waals surface area contributed by atoms with E-state index >= 15 is 0 Å². The molecule has 0 fully saturated rings. The van der Waals surface area contributed by atoms with Gasteiger partial charge < -0.3 is 5.32 Å². The van der Waals surface area contributed by atoms with Crippen molar-refractivity contribution in [2.75, 3.05) is 12.3 Å². The molecule has 0 bridgehead atoms. The lowest BCUT2D eigenvalue weighted by Gasteiger charge is -2.18. The second-order valence-electron chi connectivity index (χ2n) is 4.15. The van der Waals surface area contributed by atoms with E-state index < -0.39 is 12.6 Å². The van der Waals surface area contributed by atoms with E-state index in [9.17, 15) is 13.2 Å². The Morgan fingerprint density at radius 3 is 2.58 bits per heavy atom. The van der Waals surface area contributed by atoms with Gasteiger partial charge >= 0.3 is 6.18 Å². The van der Waals surface area contributed by atoms with Crippen molar-refractivity contribution in [3.63, 3.8) is 0 Å². The summed E-state index contributed by atoms with van der Waals surface area (Å²) in [6, 6.07) is 7.19. The molecule has 0 aromatic heterocycles. The number of halogens is 4. The van der Waals surface area contributed by atoms with Crippen LogP contribution in [0.25, 0.3) is 0 Å². The molecule has 0 aliphatic heterocycles. The molecule has 0 amide bonds. The first-order valence-corrected chi connectivity index (χ1v) is 7.46. The van der Waals surface area contributed by atoms with Crippen molar-refractivity contribution in [3.8, 4) is 0 Å². The van der Waals surface area contributed by atoms with Gasteiger partial charge in [-0.15, -0.1) is 11.8 Å². The van der Waals surface area contributed by atoms with Crippen LogP contribution >= 0.6 is 23.4 Å². The van der Waals surface area contributed by atoms with Gasteiger partial charge in [0.2, 0.25) is 0 Å². The van der Waals surface area contributed by atoms with Gasteiger partial charge in [0, 0.05) is 23.1 Å². The van der Waals surface area contributed by atoms with Crippen LogP contribution in [0.2, 0.25) is 5.02 Å². The molecule has 1 N–H and O–H groups in total. The van der Waals surface area contributed by atoms with Gasteiger partial charge in [-0.3, -0.25) is 0 Å². The third-order valence-corrected chi connectivity index (χ3v) is 4.22. The summed E-state index contributed by atoms with van der Waals surface area (Å²) in [4.78, 5) is 0.902. The fourth-order valence-electron chi connectivity index (χ4n) is 1.62. The van der Waals surface area contributed by atoms with Crippen LogP contribution in [0.1, 0.15) is 19.8 Å². The minimum atomic E-state index is -4.09. The first-order chi connectivity index (χ1) is 8.92. The molecule has 0 saturated carbocycles. The molecule has 0 aliphatic rings. The van der Waals surface area contributed by atoms with Gasteiger partial charge in [-0.2, -0.15) is 13.2 Å². The molecular weight excluding hydrogens is 295 g/mol. The van der Waals surface area contributed by atoms with Crippen LogP contribution in [0, 0.1) is 0 Å². The molecule has 1 rings (SSSR count). The van der Waals surface area contributed by atoms with Crippen molar-refractivity contribution < 1.29 is 13.2 Å². The van der Waals surface area contributed by atoms with Gasteiger partial charge in [0.25, 0.3) is 0 Å².